The Kier molecular flexibility index (Phi) is 7.91. The number of aliphatic imine (C=N–C) groups is 2. The highest BCUT2D eigenvalue weighted by atomic mass is 16.4. The second-order valence-corrected chi connectivity index (χ2v) is 13.5. The molecule has 0 aliphatic carbocycles. The van der Waals surface area contributed by atoms with Gasteiger partial charge >= 0.3 is 5.91 Å². The number of carboxylic acid groups (broad SMARTS) is 1. The lowest BCUT2D eigenvalue weighted by molar-refractivity contribution is -0.790. The maximum Gasteiger partial charge on any atom is 0.404 e. The topological polar surface area (TPSA) is 103 Å². The summed E-state index contributed by atoms with van der Waals surface area (Å²) in [6.07, 6.45) is 1.14. The molecule has 0 atom stereocenters. The number of carboxylic acids is 1. The molecule has 10 nitrogen and oxygen atoms in total. The van der Waals surface area contributed by atoms with E-state index in [4.69, 9.17) is 29.9 Å². The van der Waals surface area contributed by atoms with Crippen LogP contribution in [0.5, 0.6) is 0 Å². The van der Waals surface area contributed by atoms with Crippen molar-refractivity contribution in [1.82, 2.24) is 9.13 Å². The summed E-state index contributed by atoms with van der Waals surface area (Å²) in [5.74, 6) is 3.63. The zero-order valence-corrected chi connectivity index (χ0v) is 30.8. The minimum Gasteiger partial charge on any atom is -0.481 e. The molecule has 0 radical (unpaired) electrons. The summed E-state index contributed by atoms with van der Waals surface area (Å²) in [6.45, 7) is 7.25. The monoisotopic (exact) mass is 736 g/mol. The highest BCUT2D eigenvalue weighted by molar-refractivity contribution is 6.20. The van der Waals surface area contributed by atoms with Crippen molar-refractivity contribution in [3.8, 4) is 0 Å². The van der Waals surface area contributed by atoms with Crippen LogP contribution < -0.4 is 11.0 Å². The van der Waals surface area contributed by atoms with Gasteiger partial charge in [-0.3, -0.25) is 4.79 Å². The van der Waals surface area contributed by atoms with E-state index in [1.807, 2.05) is 19.9 Å². The van der Waals surface area contributed by atoms with Crippen LogP contribution in [0.15, 0.2) is 147 Å². The van der Waals surface area contributed by atoms with Crippen LogP contribution in [0.2, 0.25) is 0 Å². The van der Waals surface area contributed by atoms with Crippen molar-refractivity contribution < 1.29 is 19.1 Å². The molecule has 0 saturated heterocycles. The van der Waals surface area contributed by atoms with Crippen molar-refractivity contribution in [3.05, 3.63) is 166 Å². The van der Waals surface area contributed by atoms with Gasteiger partial charge in [-0.2, -0.15) is 9.13 Å². The van der Waals surface area contributed by atoms with Crippen LogP contribution in [-0.4, -0.2) is 52.7 Å². The molecule has 2 aromatic heterocycles. The number of amidine groups is 4. The van der Waals surface area contributed by atoms with E-state index in [1.165, 1.54) is 5.56 Å². The van der Waals surface area contributed by atoms with Gasteiger partial charge in [0, 0.05) is 28.5 Å². The predicted molar refractivity (Wildman–Crippen MR) is 221 cm³/mol. The van der Waals surface area contributed by atoms with Crippen LogP contribution in [-0.2, 0) is 17.1 Å². The van der Waals surface area contributed by atoms with Crippen LogP contribution in [0.1, 0.15) is 62.9 Å². The lowest BCUT2D eigenvalue weighted by Crippen LogP contribution is -2.71. The molecule has 6 aliphatic rings. The molecular weight excluding hydrogens is 697 g/mol. The smallest absolute Gasteiger partial charge is 0.404 e. The Balaban J connectivity index is 0.000000237. The minimum absolute atomic E-state index is 0. The number of fused-ring (bicyclic) bond motifs is 12. The number of nitrogens with zero attached hydrogens (tertiary/aromatic N) is 8. The third-order valence-corrected chi connectivity index (χ3v) is 10.6. The Labute approximate surface area is 323 Å². The number of aromatic nitrogens is 2. The summed E-state index contributed by atoms with van der Waals surface area (Å²) in [7, 11) is 0. The van der Waals surface area contributed by atoms with Crippen molar-refractivity contribution in [2.45, 2.75) is 47.5 Å². The number of hydrogen-bond acceptors (Lipinski definition) is 5. The molecule has 0 unspecified atom stereocenters. The molecule has 6 aliphatic heterocycles. The minimum atomic E-state index is -0.923. The fourth-order valence-electron chi connectivity index (χ4n) is 8.59. The van der Waals surface area contributed by atoms with Gasteiger partial charge in [-0.05, 0) is 60.5 Å². The van der Waals surface area contributed by atoms with Crippen LogP contribution in [0, 0.1) is 0 Å². The first-order chi connectivity index (χ1) is 27.0. The number of aryl methyl sites for hydroxylation is 1. The summed E-state index contributed by atoms with van der Waals surface area (Å²) in [5.41, 5.74) is 7.54. The number of hydrogen-bond donors (Lipinski definition) is 1. The Morgan fingerprint density at radius 3 is 1.36 bits per heavy atom. The van der Waals surface area contributed by atoms with E-state index in [0.717, 1.165) is 103 Å². The molecule has 0 amide bonds. The highest BCUT2D eigenvalue weighted by Gasteiger charge is 2.69. The van der Waals surface area contributed by atoms with Crippen LogP contribution >= 0.6 is 0 Å². The molecule has 0 bridgehead atoms. The zero-order chi connectivity index (χ0) is 37.6. The summed E-state index contributed by atoms with van der Waals surface area (Å²) < 4.78 is 9.32. The summed E-state index contributed by atoms with van der Waals surface area (Å²) in [5, 5.41) is 11.8. The maximum atomic E-state index is 9.00. The van der Waals surface area contributed by atoms with E-state index in [0.29, 0.717) is 0 Å². The molecule has 10 heteroatoms. The molecular formula is C46H40N8O2+2. The van der Waals surface area contributed by atoms with Gasteiger partial charge in [0.2, 0.25) is 22.6 Å². The van der Waals surface area contributed by atoms with Crippen molar-refractivity contribution in [1.29, 1.82) is 0 Å². The van der Waals surface area contributed by atoms with Crippen molar-refractivity contribution in [2.24, 2.45) is 20.0 Å². The average molecular weight is 737 g/mol. The van der Waals surface area contributed by atoms with Crippen LogP contribution in [0.3, 0.4) is 0 Å². The first-order valence-corrected chi connectivity index (χ1v) is 18.7. The highest BCUT2D eigenvalue weighted by Crippen LogP contribution is 2.52. The van der Waals surface area contributed by atoms with Gasteiger partial charge in [-0.15, -0.1) is 9.15 Å². The van der Waals surface area contributed by atoms with Crippen molar-refractivity contribution >= 4 is 62.5 Å². The van der Waals surface area contributed by atoms with Gasteiger partial charge in [0.15, 0.2) is 0 Å². The maximum absolute atomic E-state index is 9.00. The molecule has 5 aromatic carbocycles. The molecule has 1 N–H and O–H groups in total. The van der Waals surface area contributed by atoms with Gasteiger partial charge in [0.1, 0.15) is 0 Å². The Morgan fingerprint density at radius 1 is 0.571 bits per heavy atom. The molecule has 56 heavy (non-hydrogen) atoms. The largest absolute Gasteiger partial charge is 0.481 e. The van der Waals surface area contributed by atoms with Gasteiger partial charge in [-0.25, -0.2) is 0 Å². The second-order valence-electron chi connectivity index (χ2n) is 13.5. The lowest BCUT2D eigenvalue weighted by Gasteiger charge is -2.40. The third-order valence-electron chi connectivity index (χ3n) is 10.6. The molecule has 0 fully saturated rings. The van der Waals surface area contributed by atoms with Crippen LogP contribution in [0.25, 0.3) is 21.5 Å². The van der Waals surface area contributed by atoms with Gasteiger partial charge in [-0.1, -0.05) is 127 Å². The Morgan fingerprint density at radius 2 is 0.946 bits per heavy atom. The SMILES string of the molecule is C.CC.CC(=O)O.CCc1ccccc1.c1ccc2c(c1)C1=Nc3c4ccccc4c4n3C35n6c(c7ccccc7c6=NC6=[N+]3C(=N4)c3ccccc36)=NC2=[N+]15. The van der Waals surface area contributed by atoms with E-state index in [1.54, 1.807) is 0 Å². The quantitative estimate of drug-likeness (QED) is 0.175. The fourth-order valence-corrected chi connectivity index (χ4v) is 8.59. The van der Waals surface area contributed by atoms with E-state index in [2.05, 4.69) is 147 Å². The average Bonchev–Trinajstić information content (AvgIpc) is 3.95. The fraction of sp³-hybridized carbons (Fsp3) is 0.152. The van der Waals surface area contributed by atoms with Crippen molar-refractivity contribution in [2.75, 3.05) is 0 Å². The number of benzene rings is 5. The molecule has 1 spiro atoms. The standard InChI is InChI=1S/C33H16N8.C8H10.C2H4O2.C2H6.CH4/c1-2-10-18-17(9-1)25-34-27-19-11-3-4-12-20(19)29-36-31-23-15-7-8-16-24(23)32-37-30-22-14-6-5-13-21(22)28-35-26(18)38(25)33(39(27)29,40(28)30)41(31)32;1-2-8-6-4-3-5-7-8;1-2(3)4;1-2;/h1-16H;3-7H,2H2,1H3;1H3,(H,3,4);1-2H3;1H4/q+2;;;;. The molecule has 13 rings (SSSR count). The number of aliphatic carboxylic acids is 1. The normalized spacial score (nSPS) is 15.4. The summed E-state index contributed by atoms with van der Waals surface area (Å²) >= 11 is 0. The van der Waals surface area contributed by atoms with E-state index in [-0.39, 0.29) is 7.43 Å². The Hall–Kier alpha value is -7.07. The van der Waals surface area contributed by atoms with Gasteiger partial charge in [0.05, 0.1) is 22.3 Å². The second kappa shape index (κ2) is 12.8. The number of rotatable bonds is 1. The number of carbonyl (C=O) groups is 1. The lowest BCUT2D eigenvalue weighted by atomic mass is 10.1. The molecule has 0 saturated carbocycles. The van der Waals surface area contributed by atoms with Gasteiger partial charge in [0.25, 0.3) is 29.3 Å². The van der Waals surface area contributed by atoms with E-state index in [9.17, 15) is 0 Å². The van der Waals surface area contributed by atoms with Crippen LogP contribution in [0.4, 0.5) is 11.6 Å². The molecule has 8 heterocycles. The summed E-state index contributed by atoms with van der Waals surface area (Å²) in [6, 6.07) is 44.5. The van der Waals surface area contributed by atoms with Crippen molar-refractivity contribution in [3.63, 3.8) is 0 Å². The zero-order valence-electron chi connectivity index (χ0n) is 30.8. The molecule has 274 valence electrons. The predicted octanol–water partition coefficient (Wildman–Crippen LogP) is 7.71. The van der Waals surface area contributed by atoms with E-state index >= 15 is 0 Å². The molecule has 7 aromatic rings. The summed E-state index contributed by atoms with van der Waals surface area (Å²) in [4.78, 5) is 30.7. The Bertz CT molecular complexity index is 2910. The van der Waals surface area contributed by atoms with E-state index < -0.39 is 11.9 Å². The first-order valence-electron chi connectivity index (χ1n) is 18.7. The third kappa shape index (κ3) is 4.35. The van der Waals surface area contributed by atoms with Gasteiger partial charge < -0.3 is 5.11 Å². The first kappa shape index (κ1) is 34.7.